The van der Waals surface area contributed by atoms with Gasteiger partial charge in [0.25, 0.3) is 0 Å². The Morgan fingerprint density at radius 1 is 1.23 bits per heavy atom. The highest BCUT2D eigenvalue weighted by atomic mass is 32.2. The highest BCUT2D eigenvalue weighted by molar-refractivity contribution is 7.99. The van der Waals surface area contributed by atoms with Crippen molar-refractivity contribution in [3.63, 3.8) is 0 Å². The number of benzene rings is 1. The lowest BCUT2D eigenvalue weighted by atomic mass is 10.2. The minimum absolute atomic E-state index is 0.0209. The van der Waals surface area contributed by atoms with Crippen LogP contribution in [0.25, 0.3) is 5.69 Å². The first-order valence-electron chi connectivity index (χ1n) is 8.41. The van der Waals surface area contributed by atoms with Crippen LogP contribution >= 0.6 is 11.8 Å². The first-order valence-corrected chi connectivity index (χ1v) is 9.40. The van der Waals surface area contributed by atoms with Gasteiger partial charge in [-0.25, -0.2) is 4.39 Å². The van der Waals surface area contributed by atoms with E-state index in [9.17, 15) is 9.18 Å². The van der Waals surface area contributed by atoms with E-state index in [1.807, 2.05) is 42.0 Å². The molecule has 2 aromatic heterocycles. The van der Waals surface area contributed by atoms with E-state index in [4.69, 9.17) is 0 Å². The molecule has 0 saturated heterocycles. The number of Topliss-reactive ketones (excluding diaryl/α,β-unsaturated/α-hetero) is 1. The van der Waals surface area contributed by atoms with Crippen molar-refractivity contribution in [2.45, 2.75) is 39.4 Å². The van der Waals surface area contributed by atoms with Gasteiger partial charge in [-0.3, -0.25) is 4.79 Å². The Morgan fingerprint density at radius 2 is 2.00 bits per heavy atom. The van der Waals surface area contributed by atoms with E-state index >= 15 is 0 Å². The molecule has 136 valence electrons. The third-order valence-corrected chi connectivity index (χ3v) is 5.38. The Hall–Kier alpha value is -2.41. The monoisotopic (exact) mass is 372 g/mol. The number of hydrogen-bond donors (Lipinski definition) is 0. The predicted octanol–water partition coefficient (Wildman–Crippen LogP) is 4.13. The van der Waals surface area contributed by atoms with Gasteiger partial charge < -0.3 is 9.13 Å². The van der Waals surface area contributed by atoms with Crippen molar-refractivity contribution in [3.8, 4) is 5.69 Å². The number of hydrogen-bond acceptors (Lipinski definition) is 4. The fourth-order valence-electron chi connectivity index (χ4n) is 2.94. The highest BCUT2D eigenvalue weighted by Crippen LogP contribution is 2.24. The average Bonchev–Trinajstić information content (AvgIpc) is 3.19. The van der Waals surface area contributed by atoms with Crippen LogP contribution in [0.15, 0.2) is 35.7 Å². The van der Waals surface area contributed by atoms with Gasteiger partial charge in [0.1, 0.15) is 12.1 Å². The van der Waals surface area contributed by atoms with Gasteiger partial charge in [0.2, 0.25) is 0 Å². The number of ketones is 1. The number of aryl methyl sites for hydroxylation is 3. The molecule has 0 amide bonds. The lowest BCUT2D eigenvalue weighted by molar-refractivity contribution is 0.102. The molecule has 0 fully saturated rings. The maximum absolute atomic E-state index is 13.9. The summed E-state index contributed by atoms with van der Waals surface area (Å²) >= 11 is 1.38. The van der Waals surface area contributed by atoms with Crippen LogP contribution in [0.1, 0.15) is 34.2 Å². The van der Waals surface area contributed by atoms with E-state index in [1.165, 1.54) is 17.8 Å². The molecule has 0 radical (unpaired) electrons. The molecule has 0 atom stereocenters. The smallest absolute Gasteiger partial charge is 0.191 e. The number of nitrogens with zero attached hydrogens (tertiary/aromatic N) is 4. The van der Waals surface area contributed by atoms with Crippen LogP contribution in [0.4, 0.5) is 4.39 Å². The van der Waals surface area contributed by atoms with Crippen molar-refractivity contribution < 1.29 is 9.18 Å². The normalized spacial score (nSPS) is 11.1. The summed E-state index contributed by atoms with van der Waals surface area (Å²) in [4.78, 5) is 12.7. The largest absolute Gasteiger partial charge is 0.318 e. The molecule has 0 aliphatic carbocycles. The molecule has 0 aliphatic rings. The van der Waals surface area contributed by atoms with Crippen molar-refractivity contribution in [2.24, 2.45) is 0 Å². The summed E-state index contributed by atoms with van der Waals surface area (Å²) in [7, 11) is 0. The Kier molecular flexibility index (Phi) is 5.27. The number of rotatable bonds is 6. The minimum Gasteiger partial charge on any atom is -0.318 e. The molecule has 0 N–H and O–H groups in total. The summed E-state index contributed by atoms with van der Waals surface area (Å²) in [6.45, 7) is 8.30. The molecule has 0 saturated carbocycles. The van der Waals surface area contributed by atoms with Gasteiger partial charge in [0.15, 0.2) is 10.9 Å². The van der Waals surface area contributed by atoms with Crippen LogP contribution in [0.3, 0.4) is 0 Å². The van der Waals surface area contributed by atoms with Crippen molar-refractivity contribution in [2.75, 3.05) is 5.75 Å². The predicted molar refractivity (Wildman–Crippen MR) is 101 cm³/mol. The molecule has 0 spiro atoms. The van der Waals surface area contributed by atoms with Gasteiger partial charge >= 0.3 is 0 Å². The van der Waals surface area contributed by atoms with Crippen molar-refractivity contribution >= 4 is 17.5 Å². The van der Waals surface area contributed by atoms with Crippen LogP contribution in [-0.2, 0) is 6.54 Å². The minimum atomic E-state index is -0.252. The summed E-state index contributed by atoms with van der Waals surface area (Å²) < 4.78 is 17.8. The van der Waals surface area contributed by atoms with E-state index in [0.717, 1.165) is 28.8 Å². The zero-order chi connectivity index (χ0) is 18.8. The second kappa shape index (κ2) is 7.45. The van der Waals surface area contributed by atoms with Gasteiger partial charge in [-0.1, -0.05) is 17.8 Å². The summed E-state index contributed by atoms with van der Waals surface area (Å²) in [5.41, 5.74) is 3.69. The lowest BCUT2D eigenvalue weighted by Crippen LogP contribution is -2.07. The van der Waals surface area contributed by atoms with Gasteiger partial charge in [0.05, 0.1) is 5.75 Å². The van der Waals surface area contributed by atoms with Crippen LogP contribution < -0.4 is 0 Å². The number of carbonyl (C=O) groups is 1. The third kappa shape index (κ3) is 3.44. The van der Waals surface area contributed by atoms with Crippen LogP contribution in [0, 0.1) is 26.6 Å². The average molecular weight is 372 g/mol. The maximum Gasteiger partial charge on any atom is 0.191 e. The molecule has 0 unspecified atom stereocenters. The van der Waals surface area contributed by atoms with E-state index in [1.54, 1.807) is 19.3 Å². The molecule has 0 bridgehead atoms. The van der Waals surface area contributed by atoms with E-state index in [0.29, 0.717) is 11.1 Å². The van der Waals surface area contributed by atoms with Crippen molar-refractivity contribution in [1.82, 2.24) is 19.3 Å². The molecule has 7 heteroatoms. The quantitative estimate of drug-likeness (QED) is 0.482. The summed E-state index contributed by atoms with van der Waals surface area (Å²) in [6.07, 6.45) is 1.66. The van der Waals surface area contributed by atoms with E-state index < -0.39 is 0 Å². The Labute approximate surface area is 156 Å². The molecule has 3 aromatic rings. The number of thioether (sulfide) groups is 1. The maximum atomic E-state index is 13.9. The summed E-state index contributed by atoms with van der Waals surface area (Å²) in [6, 6.07) is 6.98. The van der Waals surface area contributed by atoms with Crippen LogP contribution in [0.5, 0.6) is 0 Å². The number of halogens is 1. The molecule has 1 aromatic carbocycles. The molecule has 2 heterocycles. The first kappa shape index (κ1) is 18.4. The van der Waals surface area contributed by atoms with Crippen LogP contribution in [-0.4, -0.2) is 30.9 Å². The second-order valence-electron chi connectivity index (χ2n) is 6.17. The molecular formula is C19H21FN4OS. The fourth-order valence-corrected chi connectivity index (χ4v) is 3.81. The Morgan fingerprint density at radius 3 is 2.69 bits per heavy atom. The molecular weight excluding hydrogens is 351 g/mol. The Bertz CT molecular complexity index is 961. The van der Waals surface area contributed by atoms with E-state index in [2.05, 4.69) is 10.2 Å². The summed E-state index contributed by atoms with van der Waals surface area (Å²) in [5, 5.41) is 8.65. The highest BCUT2D eigenvalue weighted by Gasteiger charge is 2.18. The third-order valence-electron chi connectivity index (χ3n) is 4.40. The summed E-state index contributed by atoms with van der Waals surface area (Å²) in [5.74, 6) is 0.0514. The topological polar surface area (TPSA) is 52.7 Å². The van der Waals surface area contributed by atoms with E-state index in [-0.39, 0.29) is 17.4 Å². The fraction of sp³-hybridized carbons (Fsp3) is 0.316. The first-order chi connectivity index (χ1) is 12.4. The van der Waals surface area contributed by atoms with Gasteiger partial charge in [-0.05, 0) is 51.5 Å². The van der Waals surface area contributed by atoms with Crippen LogP contribution in [0.2, 0.25) is 0 Å². The van der Waals surface area contributed by atoms with Crippen molar-refractivity contribution in [3.05, 3.63) is 58.9 Å². The standard InChI is InChI=1S/C19H21FN4OS/c1-5-23-11-21-22-19(23)26-10-18(25)16-8-13(3)24(14(16)4)15-7-6-12(2)17(20)9-15/h6-9,11H,5,10H2,1-4H3. The number of aromatic nitrogens is 4. The zero-order valence-electron chi connectivity index (χ0n) is 15.3. The second-order valence-corrected chi connectivity index (χ2v) is 7.11. The van der Waals surface area contributed by atoms with Crippen molar-refractivity contribution in [1.29, 1.82) is 0 Å². The molecule has 0 aliphatic heterocycles. The lowest BCUT2D eigenvalue weighted by Gasteiger charge is -2.11. The van der Waals surface area contributed by atoms with Gasteiger partial charge in [-0.15, -0.1) is 10.2 Å². The Balaban J connectivity index is 1.85. The number of carbonyl (C=O) groups excluding carboxylic acids is 1. The molecule has 3 rings (SSSR count). The molecule has 26 heavy (non-hydrogen) atoms. The van der Waals surface area contributed by atoms with Gasteiger partial charge in [0, 0.05) is 29.2 Å². The zero-order valence-corrected chi connectivity index (χ0v) is 16.1. The SMILES string of the molecule is CCn1cnnc1SCC(=O)c1cc(C)n(-c2ccc(C)c(F)c2)c1C. The molecule has 5 nitrogen and oxygen atoms in total. The van der Waals surface area contributed by atoms with Gasteiger partial charge in [-0.2, -0.15) is 0 Å².